The summed E-state index contributed by atoms with van der Waals surface area (Å²) in [6.07, 6.45) is 8.74. The number of aliphatic hydroxyl groups excluding tert-OH is 2. The smallest absolute Gasteiger partial charge is 0.0595 e. The molecule has 2 saturated carbocycles. The lowest BCUT2D eigenvalue weighted by molar-refractivity contribution is -0.0260. The predicted octanol–water partition coefficient (Wildman–Crippen LogP) is 2.09. The minimum absolute atomic E-state index is 0.234. The first kappa shape index (κ1) is 10.4. The molecule has 2 heteroatoms. The third kappa shape index (κ3) is 2.29. The summed E-state index contributed by atoms with van der Waals surface area (Å²) in [5.74, 6) is 1.23. The molecule has 0 aromatic rings. The van der Waals surface area contributed by atoms with Crippen molar-refractivity contribution in [3.8, 4) is 0 Å². The van der Waals surface area contributed by atoms with Crippen LogP contribution in [0.25, 0.3) is 0 Å². The van der Waals surface area contributed by atoms with Crippen LogP contribution in [-0.4, -0.2) is 22.4 Å². The lowest BCUT2D eigenvalue weighted by atomic mass is 9.71. The van der Waals surface area contributed by atoms with Gasteiger partial charge in [0.2, 0.25) is 0 Å². The van der Waals surface area contributed by atoms with E-state index in [4.69, 9.17) is 0 Å². The normalized spacial score (nSPS) is 41.1. The highest BCUT2D eigenvalue weighted by atomic mass is 16.3. The van der Waals surface area contributed by atoms with Crippen molar-refractivity contribution < 1.29 is 10.2 Å². The maximum Gasteiger partial charge on any atom is 0.0595 e. The van der Waals surface area contributed by atoms with Crippen molar-refractivity contribution in [1.29, 1.82) is 0 Å². The molecule has 0 aliphatic heterocycles. The molecule has 0 aromatic heterocycles. The fourth-order valence-corrected chi connectivity index (χ4v) is 3.26. The highest BCUT2D eigenvalue weighted by Gasteiger charge is 2.34. The molecule has 2 fully saturated rings. The predicted molar refractivity (Wildman–Crippen MR) is 55.9 cm³/mol. The molecule has 14 heavy (non-hydrogen) atoms. The van der Waals surface area contributed by atoms with Gasteiger partial charge in [0.25, 0.3) is 0 Å². The van der Waals surface area contributed by atoms with E-state index in [1.807, 2.05) is 0 Å². The first-order chi connectivity index (χ1) is 6.77. The van der Waals surface area contributed by atoms with E-state index < -0.39 is 0 Å². The molecule has 2 aliphatic carbocycles. The van der Waals surface area contributed by atoms with Crippen LogP contribution in [0.5, 0.6) is 0 Å². The third-order valence-electron chi connectivity index (χ3n) is 4.10. The summed E-state index contributed by atoms with van der Waals surface area (Å²) in [4.78, 5) is 0. The van der Waals surface area contributed by atoms with Crippen molar-refractivity contribution >= 4 is 0 Å². The Bertz CT molecular complexity index is 175. The molecule has 0 spiro atoms. The van der Waals surface area contributed by atoms with Gasteiger partial charge in [0.15, 0.2) is 0 Å². The molecular formula is C12H22O2. The van der Waals surface area contributed by atoms with E-state index in [0.717, 1.165) is 18.8 Å². The van der Waals surface area contributed by atoms with Crippen LogP contribution in [0.15, 0.2) is 0 Å². The molecule has 3 atom stereocenters. The van der Waals surface area contributed by atoms with Gasteiger partial charge in [-0.2, -0.15) is 0 Å². The number of hydrogen-bond acceptors (Lipinski definition) is 2. The Kier molecular flexibility index (Phi) is 3.45. The zero-order valence-electron chi connectivity index (χ0n) is 8.86. The van der Waals surface area contributed by atoms with Crippen molar-refractivity contribution in [1.82, 2.24) is 0 Å². The van der Waals surface area contributed by atoms with Gasteiger partial charge in [-0.05, 0) is 31.1 Å². The Morgan fingerprint density at radius 2 is 1.50 bits per heavy atom. The van der Waals surface area contributed by atoms with Gasteiger partial charge in [0, 0.05) is 0 Å². The molecule has 82 valence electrons. The Morgan fingerprint density at radius 1 is 0.786 bits per heavy atom. The van der Waals surface area contributed by atoms with Crippen molar-refractivity contribution in [3.63, 3.8) is 0 Å². The van der Waals surface area contributed by atoms with Gasteiger partial charge >= 0.3 is 0 Å². The van der Waals surface area contributed by atoms with E-state index >= 15 is 0 Å². The van der Waals surface area contributed by atoms with Crippen molar-refractivity contribution in [3.05, 3.63) is 0 Å². The molecule has 2 N–H and O–H groups in total. The third-order valence-corrected chi connectivity index (χ3v) is 4.10. The van der Waals surface area contributed by atoms with Gasteiger partial charge in [-0.3, -0.25) is 0 Å². The van der Waals surface area contributed by atoms with Gasteiger partial charge < -0.3 is 10.2 Å². The van der Waals surface area contributed by atoms with E-state index in [2.05, 4.69) is 0 Å². The van der Waals surface area contributed by atoms with Crippen LogP contribution in [0.3, 0.4) is 0 Å². The molecular weight excluding hydrogens is 176 g/mol. The Balaban J connectivity index is 1.89. The van der Waals surface area contributed by atoms with E-state index in [0.29, 0.717) is 12.3 Å². The topological polar surface area (TPSA) is 40.5 Å². The zero-order valence-corrected chi connectivity index (χ0v) is 8.86. The molecule has 2 aliphatic rings. The van der Waals surface area contributed by atoms with Crippen LogP contribution in [0, 0.1) is 11.8 Å². The Morgan fingerprint density at radius 3 is 2.14 bits per heavy atom. The summed E-state index contributed by atoms with van der Waals surface area (Å²) in [5.41, 5.74) is 0. The molecule has 0 saturated heterocycles. The molecule has 0 aromatic carbocycles. The van der Waals surface area contributed by atoms with Gasteiger partial charge in [-0.25, -0.2) is 0 Å². The van der Waals surface area contributed by atoms with Gasteiger partial charge in [-0.15, -0.1) is 0 Å². The summed E-state index contributed by atoms with van der Waals surface area (Å²) >= 11 is 0. The van der Waals surface area contributed by atoms with Crippen molar-refractivity contribution in [2.45, 2.75) is 63.6 Å². The van der Waals surface area contributed by atoms with Crippen LogP contribution >= 0.6 is 0 Å². The number of rotatable bonds is 1. The van der Waals surface area contributed by atoms with Crippen molar-refractivity contribution in [2.75, 3.05) is 0 Å². The summed E-state index contributed by atoms with van der Waals surface area (Å²) < 4.78 is 0. The summed E-state index contributed by atoms with van der Waals surface area (Å²) in [5, 5.41) is 19.4. The fraction of sp³-hybridized carbons (Fsp3) is 1.00. The molecule has 2 rings (SSSR count). The minimum Gasteiger partial charge on any atom is -0.393 e. The lowest BCUT2D eigenvalue weighted by Gasteiger charge is -2.38. The zero-order chi connectivity index (χ0) is 9.97. The van der Waals surface area contributed by atoms with Crippen molar-refractivity contribution in [2.24, 2.45) is 11.8 Å². The van der Waals surface area contributed by atoms with E-state index in [-0.39, 0.29) is 12.2 Å². The maximum atomic E-state index is 9.93. The first-order valence-electron chi connectivity index (χ1n) is 6.13. The van der Waals surface area contributed by atoms with E-state index in [1.165, 1.54) is 32.1 Å². The lowest BCUT2D eigenvalue weighted by Crippen LogP contribution is -2.37. The van der Waals surface area contributed by atoms with Crippen LogP contribution in [0.4, 0.5) is 0 Å². The fourth-order valence-electron chi connectivity index (χ4n) is 3.26. The standard InChI is InChI=1S/C12H22O2/c13-10-6-7-11(12(14)8-10)9-4-2-1-3-5-9/h9-14H,1-8H2. The van der Waals surface area contributed by atoms with Crippen LogP contribution in [0.2, 0.25) is 0 Å². The summed E-state index contributed by atoms with van der Waals surface area (Å²) in [6.45, 7) is 0. The average molecular weight is 198 g/mol. The van der Waals surface area contributed by atoms with Gasteiger partial charge in [0.1, 0.15) is 0 Å². The summed E-state index contributed by atoms with van der Waals surface area (Å²) in [7, 11) is 0. The Labute approximate surface area is 86.3 Å². The quantitative estimate of drug-likeness (QED) is 0.677. The van der Waals surface area contributed by atoms with Crippen LogP contribution in [-0.2, 0) is 0 Å². The van der Waals surface area contributed by atoms with E-state index in [9.17, 15) is 10.2 Å². The van der Waals surface area contributed by atoms with Gasteiger partial charge in [-0.1, -0.05) is 32.1 Å². The minimum atomic E-state index is -0.246. The molecule has 3 unspecified atom stereocenters. The second-order valence-electron chi connectivity index (χ2n) is 5.10. The monoisotopic (exact) mass is 198 g/mol. The largest absolute Gasteiger partial charge is 0.393 e. The maximum absolute atomic E-state index is 9.93. The Hall–Kier alpha value is -0.0800. The highest BCUT2D eigenvalue weighted by Crippen LogP contribution is 2.38. The second kappa shape index (κ2) is 4.63. The highest BCUT2D eigenvalue weighted by molar-refractivity contribution is 4.85. The van der Waals surface area contributed by atoms with Gasteiger partial charge in [0.05, 0.1) is 12.2 Å². The van der Waals surface area contributed by atoms with Crippen LogP contribution in [0.1, 0.15) is 51.4 Å². The number of aliphatic hydroxyl groups is 2. The first-order valence-corrected chi connectivity index (χ1v) is 6.13. The average Bonchev–Trinajstić information content (AvgIpc) is 2.19. The molecule has 2 nitrogen and oxygen atoms in total. The molecule has 0 heterocycles. The number of hydrogen-bond donors (Lipinski definition) is 2. The molecule has 0 radical (unpaired) electrons. The molecule has 0 amide bonds. The molecule has 0 bridgehead atoms. The second-order valence-corrected chi connectivity index (χ2v) is 5.10. The SMILES string of the molecule is OC1CCC(C2CCCCC2)C(O)C1. The van der Waals surface area contributed by atoms with E-state index in [1.54, 1.807) is 0 Å². The van der Waals surface area contributed by atoms with Crippen LogP contribution < -0.4 is 0 Å². The summed E-state index contributed by atoms with van der Waals surface area (Å²) in [6, 6.07) is 0.